The van der Waals surface area contributed by atoms with Crippen LogP contribution in [-0.4, -0.2) is 47.4 Å². The van der Waals surface area contributed by atoms with Crippen LogP contribution in [0.2, 0.25) is 0 Å². The molecule has 1 aliphatic heterocycles. The molecule has 1 heterocycles. The summed E-state index contributed by atoms with van der Waals surface area (Å²) in [6.07, 6.45) is 0.461. The zero-order valence-corrected chi connectivity index (χ0v) is 15.8. The molecule has 0 spiro atoms. The highest BCUT2D eigenvalue weighted by molar-refractivity contribution is 7.57. The zero-order valence-electron chi connectivity index (χ0n) is 15.0. The van der Waals surface area contributed by atoms with Crippen LogP contribution >= 0.6 is 7.37 Å². The van der Waals surface area contributed by atoms with Gasteiger partial charge in [-0.3, -0.25) is 4.57 Å². The predicted molar refractivity (Wildman–Crippen MR) is 103 cm³/mol. The van der Waals surface area contributed by atoms with E-state index < -0.39 is 13.3 Å². The van der Waals surface area contributed by atoms with Gasteiger partial charge in [-0.2, -0.15) is 0 Å². The number of hydrogen-bond donors (Lipinski definition) is 3. The molecule has 1 unspecified atom stereocenters. The number of carboxylic acids is 1. The second-order valence-corrected chi connectivity index (χ2v) is 9.27. The SMILES string of the molecule is O=C(O)c1ccccc1C[C@@H]1CO[C@H](CP(=O)(O)Cc2ccccc2)CN1. The molecule has 3 N–H and O–H groups in total. The van der Waals surface area contributed by atoms with Crippen LogP contribution in [0.5, 0.6) is 0 Å². The van der Waals surface area contributed by atoms with Gasteiger partial charge in [0, 0.05) is 18.7 Å². The average Bonchev–Trinajstić information content (AvgIpc) is 2.64. The van der Waals surface area contributed by atoms with Gasteiger partial charge in [-0.25, -0.2) is 4.79 Å². The van der Waals surface area contributed by atoms with E-state index >= 15 is 0 Å². The summed E-state index contributed by atoms with van der Waals surface area (Å²) >= 11 is 0. The molecule has 3 rings (SSSR count). The van der Waals surface area contributed by atoms with Gasteiger partial charge in [-0.15, -0.1) is 0 Å². The first-order valence-corrected chi connectivity index (χ1v) is 11.0. The molecule has 0 radical (unpaired) electrons. The number of rotatable bonds is 7. The topological polar surface area (TPSA) is 95.9 Å². The largest absolute Gasteiger partial charge is 0.478 e. The van der Waals surface area contributed by atoms with Gasteiger partial charge in [0.2, 0.25) is 7.37 Å². The lowest BCUT2D eigenvalue weighted by molar-refractivity contribution is 0.0161. The highest BCUT2D eigenvalue weighted by Crippen LogP contribution is 2.45. The van der Waals surface area contributed by atoms with Crippen LogP contribution < -0.4 is 5.32 Å². The number of ether oxygens (including phenoxy) is 1. The van der Waals surface area contributed by atoms with Gasteiger partial charge in [0.25, 0.3) is 0 Å². The third-order valence-corrected chi connectivity index (χ3v) is 6.48. The van der Waals surface area contributed by atoms with Gasteiger partial charge in [-0.1, -0.05) is 48.5 Å². The van der Waals surface area contributed by atoms with E-state index in [2.05, 4.69) is 5.32 Å². The fraction of sp³-hybridized carbons (Fsp3) is 0.350. The van der Waals surface area contributed by atoms with Crippen LogP contribution in [0.4, 0.5) is 0 Å². The summed E-state index contributed by atoms with van der Waals surface area (Å²) in [5.41, 5.74) is 1.89. The summed E-state index contributed by atoms with van der Waals surface area (Å²) in [6.45, 7) is 0.850. The van der Waals surface area contributed by atoms with Gasteiger partial charge in [-0.05, 0) is 23.6 Å². The Kier molecular flexibility index (Phi) is 6.45. The fourth-order valence-electron chi connectivity index (χ4n) is 3.34. The van der Waals surface area contributed by atoms with Crippen LogP contribution in [0.3, 0.4) is 0 Å². The molecule has 1 aliphatic rings. The van der Waals surface area contributed by atoms with Crippen molar-refractivity contribution in [3.05, 3.63) is 71.3 Å². The summed E-state index contributed by atoms with van der Waals surface area (Å²) in [6, 6.07) is 16.2. The molecule has 0 aromatic heterocycles. The molecule has 0 saturated carbocycles. The van der Waals surface area contributed by atoms with E-state index in [1.54, 1.807) is 18.2 Å². The van der Waals surface area contributed by atoms with Crippen molar-refractivity contribution in [2.75, 3.05) is 19.3 Å². The quantitative estimate of drug-likeness (QED) is 0.631. The Balaban J connectivity index is 1.52. The van der Waals surface area contributed by atoms with E-state index in [4.69, 9.17) is 4.74 Å². The molecule has 6 nitrogen and oxygen atoms in total. The maximum Gasteiger partial charge on any atom is 0.335 e. The highest BCUT2D eigenvalue weighted by atomic mass is 31.2. The van der Waals surface area contributed by atoms with Crippen molar-refractivity contribution in [2.24, 2.45) is 0 Å². The Hall–Kier alpha value is -1.98. The third kappa shape index (κ3) is 5.75. The van der Waals surface area contributed by atoms with Gasteiger partial charge in [0.05, 0.1) is 24.4 Å². The van der Waals surface area contributed by atoms with Gasteiger partial charge >= 0.3 is 5.97 Å². The lowest BCUT2D eigenvalue weighted by atomic mass is 10.00. The Labute approximate surface area is 158 Å². The zero-order chi connectivity index (χ0) is 19.3. The number of morpholine rings is 1. The first-order chi connectivity index (χ1) is 12.9. The standard InChI is InChI=1S/C20H24NO5P/c22-20(23)19-9-5-4-8-16(19)10-17-12-26-18(11-21-17)14-27(24,25)13-15-6-2-1-3-7-15/h1-9,17-18,21H,10-14H2,(H,22,23)(H,24,25)/t17-,18+/m1/s1. The second kappa shape index (κ2) is 8.81. The van der Waals surface area contributed by atoms with Crippen LogP contribution in [0.15, 0.2) is 54.6 Å². The van der Waals surface area contributed by atoms with Gasteiger partial charge < -0.3 is 20.1 Å². The molecule has 3 atom stereocenters. The van der Waals surface area contributed by atoms with Crippen molar-refractivity contribution < 1.29 is 24.1 Å². The summed E-state index contributed by atoms with van der Waals surface area (Å²) in [4.78, 5) is 21.6. The summed E-state index contributed by atoms with van der Waals surface area (Å²) < 4.78 is 18.3. The minimum atomic E-state index is -3.33. The fourth-order valence-corrected chi connectivity index (χ4v) is 5.12. The summed E-state index contributed by atoms with van der Waals surface area (Å²) in [7, 11) is -3.33. The first-order valence-electron chi connectivity index (χ1n) is 8.94. The lowest BCUT2D eigenvalue weighted by Gasteiger charge is -2.31. The molecule has 1 saturated heterocycles. The van der Waals surface area contributed by atoms with Crippen molar-refractivity contribution >= 4 is 13.3 Å². The van der Waals surface area contributed by atoms with Crippen LogP contribution in [0.1, 0.15) is 21.5 Å². The van der Waals surface area contributed by atoms with Gasteiger partial charge in [0.1, 0.15) is 0 Å². The molecule has 7 heteroatoms. The van der Waals surface area contributed by atoms with Crippen molar-refractivity contribution in [3.63, 3.8) is 0 Å². The van der Waals surface area contributed by atoms with Crippen LogP contribution in [0.25, 0.3) is 0 Å². The smallest absolute Gasteiger partial charge is 0.335 e. The van der Waals surface area contributed by atoms with E-state index in [1.165, 1.54) is 0 Å². The molecular formula is C20H24NO5P. The minimum Gasteiger partial charge on any atom is -0.478 e. The number of nitrogens with one attached hydrogen (secondary N) is 1. The number of hydrogen-bond acceptors (Lipinski definition) is 4. The highest BCUT2D eigenvalue weighted by Gasteiger charge is 2.29. The first kappa shape index (κ1) is 19.8. The molecule has 1 fully saturated rings. The molecule has 0 aliphatic carbocycles. The molecular weight excluding hydrogens is 365 g/mol. The Morgan fingerprint density at radius 1 is 1.15 bits per heavy atom. The van der Waals surface area contributed by atoms with E-state index in [-0.39, 0.29) is 24.5 Å². The Morgan fingerprint density at radius 3 is 2.52 bits per heavy atom. The van der Waals surface area contributed by atoms with Crippen molar-refractivity contribution in [2.45, 2.75) is 24.7 Å². The van der Waals surface area contributed by atoms with E-state index in [0.29, 0.717) is 25.1 Å². The number of aromatic carboxylic acids is 1. The molecule has 0 bridgehead atoms. The number of carboxylic acid groups (broad SMARTS) is 1. The molecule has 2 aromatic carbocycles. The summed E-state index contributed by atoms with van der Waals surface area (Å²) in [5, 5.41) is 12.6. The maximum atomic E-state index is 12.5. The van der Waals surface area contributed by atoms with E-state index in [1.807, 2.05) is 36.4 Å². The third-order valence-electron chi connectivity index (χ3n) is 4.64. The summed E-state index contributed by atoms with van der Waals surface area (Å²) in [5.74, 6) is -0.942. The van der Waals surface area contributed by atoms with Gasteiger partial charge in [0.15, 0.2) is 0 Å². The van der Waals surface area contributed by atoms with E-state index in [9.17, 15) is 19.4 Å². The Bertz CT molecular complexity index is 818. The predicted octanol–water partition coefficient (Wildman–Crippen LogP) is 2.75. The van der Waals surface area contributed by atoms with Crippen molar-refractivity contribution in [1.82, 2.24) is 5.32 Å². The molecule has 0 amide bonds. The van der Waals surface area contributed by atoms with Crippen LogP contribution in [-0.2, 0) is 21.9 Å². The Morgan fingerprint density at radius 2 is 1.85 bits per heavy atom. The monoisotopic (exact) mass is 389 g/mol. The molecule has 27 heavy (non-hydrogen) atoms. The lowest BCUT2D eigenvalue weighted by Crippen LogP contribution is -2.48. The average molecular weight is 389 g/mol. The van der Waals surface area contributed by atoms with Crippen molar-refractivity contribution in [1.29, 1.82) is 0 Å². The van der Waals surface area contributed by atoms with Crippen LogP contribution in [0, 0.1) is 0 Å². The molecule has 2 aromatic rings. The maximum absolute atomic E-state index is 12.5. The molecule has 144 valence electrons. The van der Waals surface area contributed by atoms with Crippen molar-refractivity contribution in [3.8, 4) is 0 Å². The van der Waals surface area contributed by atoms with E-state index in [0.717, 1.165) is 11.1 Å². The number of carbonyl (C=O) groups is 1. The minimum absolute atomic E-state index is 0.0195. The number of benzene rings is 2. The second-order valence-electron chi connectivity index (χ2n) is 6.90. The normalized spacial score (nSPS) is 22.1.